The lowest BCUT2D eigenvalue weighted by Gasteiger charge is -2.19. The van der Waals surface area contributed by atoms with Gasteiger partial charge in [0.05, 0.1) is 0 Å². The number of benzene rings is 1. The van der Waals surface area contributed by atoms with E-state index in [1.54, 1.807) is 12.1 Å². The van der Waals surface area contributed by atoms with Gasteiger partial charge in [0, 0.05) is 16.1 Å². The molecule has 14 heavy (non-hydrogen) atoms. The maximum atomic E-state index is 13.4. The summed E-state index contributed by atoms with van der Waals surface area (Å²) >= 11 is 3.31. The fraction of sp³-hybridized carbons (Fsp3) is 0.455. The van der Waals surface area contributed by atoms with Gasteiger partial charge < -0.3 is 5.73 Å². The first-order valence-electron chi connectivity index (χ1n) is 4.76. The predicted octanol–water partition coefficient (Wildman–Crippen LogP) is 3.63. The summed E-state index contributed by atoms with van der Waals surface area (Å²) < 4.78 is 14.3. The van der Waals surface area contributed by atoms with Crippen molar-refractivity contribution >= 4 is 15.9 Å². The van der Waals surface area contributed by atoms with Crippen LogP contribution in [0.1, 0.15) is 31.9 Å². The molecule has 2 atom stereocenters. The average Bonchev–Trinajstić information content (AvgIpc) is 2.19. The third-order valence-electron chi connectivity index (χ3n) is 2.57. The Morgan fingerprint density at radius 3 is 2.71 bits per heavy atom. The highest BCUT2D eigenvalue weighted by Gasteiger charge is 2.16. The lowest BCUT2D eigenvalue weighted by atomic mass is 9.93. The van der Waals surface area contributed by atoms with Gasteiger partial charge >= 0.3 is 0 Å². The van der Waals surface area contributed by atoms with Gasteiger partial charge in [-0.2, -0.15) is 0 Å². The van der Waals surface area contributed by atoms with Crippen LogP contribution in [0, 0.1) is 11.7 Å². The number of hydrogen-bond acceptors (Lipinski definition) is 1. The van der Waals surface area contributed by atoms with Crippen LogP contribution in [-0.4, -0.2) is 0 Å². The molecule has 0 saturated carbocycles. The van der Waals surface area contributed by atoms with Gasteiger partial charge in [0.1, 0.15) is 5.82 Å². The molecule has 78 valence electrons. The summed E-state index contributed by atoms with van der Waals surface area (Å²) in [5.41, 5.74) is 6.55. The molecule has 1 rings (SSSR count). The van der Waals surface area contributed by atoms with Crippen LogP contribution >= 0.6 is 15.9 Å². The Bertz CT molecular complexity index is 314. The molecule has 0 saturated heterocycles. The molecule has 1 aromatic carbocycles. The third-order valence-corrected chi connectivity index (χ3v) is 3.07. The van der Waals surface area contributed by atoms with E-state index in [0.29, 0.717) is 11.5 Å². The standard InChI is InChI=1S/C11H15BrFN/c1-3-7(2)11(14)9-6-8(12)4-5-10(9)13/h4-7,11H,3,14H2,1-2H3/t7?,11-/m0/s1. The lowest BCUT2D eigenvalue weighted by Crippen LogP contribution is -2.19. The van der Waals surface area contributed by atoms with Gasteiger partial charge in [-0.1, -0.05) is 36.2 Å². The number of halogens is 2. The van der Waals surface area contributed by atoms with Gasteiger partial charge in [-0.05, 0) is 24.1 Å². The maximum Gasteiger partial charge on any atom is 0.128 e. The molecule has 0 aliphatic rings. The topological polar surface area (TPSA) is 26.0 Å². The van der Waals surface area contributed by atoms with Crippen molar-refractivity contribution in [2.45, 2.75) is 26.3 Å². The van der Waals surface area contributed by atoms with Crippen LogP contribution in [0.3, 0.4) is 0 Å². The van der Waals surface area contributed by atoms with E-state index in [0.717, 1.165) is 10.9 Å². The molecule has 2 N–H and O–H groups in total. The Labute approximate surface area is 92.6 Å². The van der Waals surface area contributed by atoms with Crippen LogP contribution in [0.4, 0.5) is 4.39 Å². The normalized spacial score (nSPS) is 15.2. The minimum absolute atomic E-state index is 0.221. The monoisotopic (exact) mass is 259 g/mol. The number of nitrogens with two attached hydrogens (primary N) is 1. The van der Waals surface area contributed by atoms with Gasteiger partial charge in [-0.3, -0.25) is 0 Å². The van der Waals surface area contributed by atoms with Crippen LogP contribution in [-0.2, 0) is 0 Å². The van der Waals surface area contributed by atoms with E-state index in [9.17, 15) is 4.39 Å². The molecule has 0 aromatic heterocycles. The van der Waals surface area contributed by atoms with Crippen LogP contribution < -0.4 is 5.73 Å². The summed E-state index contributed by atoms with van der Waals surface area (Å²) in [6.45, 7) is 4.09. The van der Waals surface area contributed by atoms with Gasteiger partial charge in [0.25, 0.3) is 0 Å². The first-order chi connectivity index (χ1) is 6.56. The summed E-state index contributed by atoms with van der Waals surface area (Å²) in [6, 6.07) is 4.66. The van der Waals surface area contributed by atoms with Crippen LogP contribution in [0.5, 0.6) is 0 Å². The zero-order valence-electron chi connectivity index (χ0n) is 8.43. The summed E-state index contributed by atoms with van der Waals surface area (Å²) in [7, 11) is 0. The van der Waals surface area contributed by atoms with Crippen LogP contribution in [0.2, 0.25) is 0 Å². The van der Waals surface area contributed by atoms with Crippen molar-refractivity contribution in [3.8, 4) is 0 Å². The molecular formula is C11H15BrFN. The van der Waals surface area contributed by atoms with Crippen LogP contribution in [0.25, 0.3) is 0 Å². The molecule has 0 radical (unpaired) electrons. The lowest BCUT2D eigenvalue weighted by molar-refractivity contribution is 0.439. The summed E-state index contributed by atoms with van der Waals surface area (Å²) in [6.07, 6.45) is 0.952. The van der Waals surface area contributed by atoms with Crippen LogP contribution in [0.15, 0.2) is 22.7 Å². The highest BCUT2D eigenvalue weighted by Crippen LogP contribution is 2.26. The van der Waals surface area contributed by atoms with Crippen molar-refractivity contribution < 1.29 is 4.39 Å². The maximum absolute atomic E-state index is 13.4. The summed E-state index contributed by atoms with van der Waals surface area (Å²) in [5, 5.41) is 0. The quantitative estimate of drug-likeness (QED) is 0.882. The molecule has 0 aliphatic carbocycles. The fourth-order valence-corrected chi connectivity index (χ4v) is 1.71. The molecular weight excluding hydrogens is 245 g/mol. The summed E-state index contributed by atoms with van der Waals surface area (Å²) in [4.78, 5) is 0. The Balaban J connectivity index is 2.99. The van der Waals surface area contributed by atoms with E-state index >= 15 is 0 Å². The summed E-state index contributed by atoms with van der Waals surface area (Å²) in [5.74, 6) is 0.0693. The molecule has 0 heterocycles. The van der Waals surface area contributed by atoms with Crippen molar-refractivity contribution in [3.05, 3.63) is 34.1 Å². The van der Waals surface area contributed by atoms with Gasteiger partial charge in [0.15, 0.2) is 0 Å². The van der Waals surface area contributed by atoms with E-state index < -0.39 is 0 Å². The number of rotatable bonds is 3. The van der Waals surface area contributed by atoms with Gasteiger partial charge in [-0.25, -0.2) is 4.39 Å². The second kappa shape index (κ2) is 4.89. The smallest absolute Gasteiger partial charge is 0.128 e. The van der Waals surface area contributed by atoms with E-state index in [1.807, 2.05) is 6.92 Å². The van der Waals surface area contributed by atoms with Gasteiger partial charge in [-0.15, -0.1) is 0 Å². The van der Waals surface area contributed by atoms with Crippen molar-refractivity contribution in [1.82, 2.24) is 0 Å². The predicted molar refractivity (Wildman–Crippen MR) is 60.5 cm³/mol. The second-order valence-corrected chi connectivity index (χ2v) is 4.49. The van der Waals surface area contributed by atoms with E-state index in [2.05, 4.69) is 22.9 Å². The molecule has 0 bridgehead atoms. The highest BCUT2D eigenvalue weighted by molar-refractivity contribution is 9.10. The Kier molecular flexibility index (Phi) is 4.08. The minimum atomic E-state index is -0.225. The highest BCUT2D eigenvalue weighted by atomic mass is 79.9. The second-order valence-electron chi connectivity index (χ2n) is 3.58. The SMILES string of the molecule is CCC(C)[C@H](N)c1cc(Br)ccc1F. The largest absolute Gasteiger partial charge is 0.324 e. The fourth-order valence-electron chi connectivity index (χ4n) is 1.33. The van der Waals surface area contributed by atoms with Crippen molar-refractivity contribution in [1.29, 1.82) is 0 Å². The zero-order chi connectivity index (χ0) is 10.7. The van der Waals surface area contributed by atoms with Crippen molar-refractivity contribution in [2.75, 3.05) is 0 Å². The third kappa shape index (κ3) is 2.55. The Morgan fingerprint density at radius 2 is 2.14 bits per heavy atom. The number of hydrogen-bond donors (Lipinski definition) is 1. The van der Waals surface area contributed by atoms with E-state index in [4.69, 9.17) is 5.73 Å². The van der Waals surface area contributed by atoms with E-state index in [-0.39, 0.29) is 11.9 Å². The minimum Gasteiger partial charge on any atom is -0.324 e. The van der Waals surface area contributed by atoms with Gasteiger partial charge in [0.2, 0.25) is 0 Å². The molecule has 1 nitrogen and oxygen atoms in total. The van der Waals surface area contributed by atoms with Crippen molar-refractivity contribution in [3.63, 3.8) is 0 Å². The molecule has 1 aromatic rings. The molecule has 0 fully saturated rings. The average molecular weight is 260 g/mol. The Hall–Kier alpha value is -0.410. The molecule has 0 amide bonds. The first-order valence-corrected chi connectivity index (χ1v) is 5.56. The molecule has 0 spiro atoms. The van der Waals surface area contributed by atoms with Crippen molar-refractivity contribution in [2.24, 2.45) is 11.7 Å². The van der Waals surface area contributed by atoms with E-state index in [1.165, 1.54) is 6.07 Å². The molecule has 3 heteroatoms. The first kappa shape index (κ1) is 11.7. The Morgan fingerprint density at radius 1 is 1.50 bits per heavy atom. The molecule has 1 unspecified atom stereocenters. The zero-order valence-corrected chi connectivity index (χ0v) is 10.0. The molecule has 0 aliphatic heterocycles.